The van der Waals surface area contributed by atoms with Crippen LogP contribution in [0.3, 0.4) is 0 Å². The van der Waals surface area contributed by atoms with Gasteiger partial charge in [0.25, 0.3) is 5.56 Å². The van der Waals surface area contributed by atoms with Crippen molar-refractivity contribution >= 4 is 23.2 Å². The van der Waals surface area contributed by atoms with E-state index in [0.717, 1.165) is 25.7 Å². The molecule has 1 fully saturated rings. The molecule has 1 amide bonds. The van der Waals surface area contributed by atoms with Gasteiger partial charge in [-0.2, -0.15) is 4.98 Å². The number of carbonyl (C=O) groups excluding carboxylic acids is 1. The van der Waals surface area contributed by atoms with Crippen molar-refractivity contribution in [3.05, 3.63) is 22.7 Å². The van der Waals surface area contributed by atoms with Crippen LogP contribution in [0.15, 0.2) is 17.2 Å². The van der Waals surface area contributed by atoms with Crippen molar-refractivity contribution < 1.29 is 9.53 Å². The number of nitrogens with one attached hydrogen (secondary N) is 2. The molecule has 0 unspecified atom stereocenters. The predicted molar refractivity (Wildman–Crippen MR) is 111 cm³/mol. The Morgan fingerprint density at radius 1 is 1.14 bits per heavy atom. The molecule has 1 aliphatic rings. The molecule has 2 aromatic rings. The average Bonchev–Trinajstić information content (AvgIpc) is 2.61. The number of aromatic nitrogens is 4. The molecular weight excluding hydrogens is 372 g/mol. The second-order valence-corrected chi connectivity index (χ2v) is 8.80. The van der Waals surface area contributed by atoms with E-state index in [4.69, 9.17) is 4.74 Å². The SMILES string of the molecule is CC(C)n1c(=O)cnc2cnc(NC3CCC(NC(=O)OC(C)(C)C)CC3)nc21. The van der Waals surface area contributed by atoms with Crippen molar-refractivity contribution in [2.45, 2.75) is 84.0 Å². The highest BCUT2D eigenvalue weighted by Gasteiger charge is 2.25. The lowest BCUT2D eigenvalue weighted by molar-refractivity contribution is 0.0492. The van der Waals surface area contributed by atoms with Crippen molar-refractivity contribution in [1.82, 2.24) is 24.8 Å². The van der Waals surface area contributed by atoms with Gasteiger partial charge in [-0.15, -0.1) is 0 Å². The third-order valence-corrected chi connectivity index (χ3v) is 4.83. The van der Waals surface area contributed by atoms with Gasteiger partial charge in [-0.25, -0.2) is 14.8 Å². The van der Waals surface area contributed by atoms with E-state index in [9.17, 15) is 9.59 Å². The Morgan fingerprint density at radius 3 is 2.41 bits per heavy atom. The average molecular weight is 402 g/mol. The number of fused-ring (bicyclic) bond motifs is 1. The van der Waals surface area contributed by atoms with Crippen LogP contribution in [-0.4, -0.2) is 43.3 Å². The number of amides is 1. The minimum absolute atomic E-state index is 0.0230. The van der Waals surface area contributed by atoms with Crippen molar-refractivity contribution in [3.63, 3.8) is 0 Å². The maximum Gasteiger partial charge on any atom is 0.407 e. The summed E-state index contributed by atoms with van der Waals surface area (Å²) in [7, 11) is 0. The fraction of sp³-hybridized carbons (Fsp3) is 0.650. The normalized spacial score (nSPS) is 19.9. The molecule has 9 heteroatoms. The summed E-state index contributed by atoms with van der Waals surface area (Å²) >= 11 is 0. The Bertz CT molecular complexity index is 926. The number of carbonyl (C=O) groups is 1. The van der Waals surface area contributed by atoms with E-state index < -0.39 is 5.60 Å². The molecule has 1 saturated carbocycles. The predicted octanol–water partition coefficient (Wildman–Crippen LogP) is 3.02. The van der Waals surface area contributed by atoms with Crippen LogP contribution in [0.25, 0.3) is 11.2 Å². The minimum Gasteiger partial charge on any atom is -0.444 e. The maximum absolute atomic E-state index is 12.2. The quantitative estimate of drug-likeness (QED) is 0.808. The summed E-state index contributed by atoms with van der Waals surface area (Å²) in [4.78, 5) is 37.1. The number of ether oxygens (including phenoxy) is 1. The van der Waals surface area contributed by atoms with Crippen LogP contribution in [0, 0.1) is 0 Å². The smallest absolute Gasteiger partial charge is 0.407 e. The highest BCUT2D eigenvalue weighted by atomic mass is 16.6. The van der Waals surface area contributed by atoms with Crippen molar-refractivity contribution in [2.75, 3.05) is 5.32 Å². The van der Waals surface area contributed by atoms with E-state index in [1.807, 2.05) is 34.6 Å². The molecule has 0 aromatic carbocycles. The second-order valence-electron chi connectivity index (χ2n) is 8.80. The zero-order valence-corrected chi connectivity index (χ0v) is 17.7. The summed E-state index contributed by atoms with van der Waals surface area (Å²) in [6.07, 6.45) is 6.03. The molecule has 0 spiro atoms. The van der Waals surface area contributed by atoms with Gasteiger partial charge in [0.2, 0.25) is 5.95 Å². The summed E-state index contributed by atoms with van der Waals surface area (Å²) in [5.41, 5.74) is 0.451. The number of nitrogens with zero attached hydrogens (tertiary/aromatic N) is 4. The van der Waals surface area contributed by atoms with Crippen LogP contribution < -0.4 is 16.2 Å². The van der Waals surface area contributed by atoms with Crippen LogP contribution >= 0.6 is 0 Å². The van der Waals surface area contributed by atoms with E-state index in [1.54, 1.807) is 10.8 Å². The van der Waals surface area contributed by atoms with Crippen LogP contribution in [0.1, 0.15) is 66.3 Å². The summed E-state index contributed by atoms with van der Waals surface area (Å²) in [5.74, 6) is 0.489. The Morgan fingerprint density at radius 2 is 1.79 bits per heavy atom. The van der Waals surface area contributed by atoms with Gasteiger partial charge in [0.15, 0.2) is 5.65 Å². The molecule has 2 N–H and O–H groups in total. The van der Waals surface area contributed by atoms with Gasteiger partial charge < -0.3 is 15.4 Å². The standard InChI is InChI=1S/C20H30N6O3/c1-12(2)26-16(27)11-21-15-10-22-18(25-17(15)26)23-13-6-8-14(9-7-13)24-19(28)29-20(3,4)5/h10-14H,6-9H2,1-5H3,(H,24,28)(H,22,23,25). The van der Waals surface area contributed by atoms with E-state index in [-0.39, 0.29) is 29.8 Å². The first-order valence-corrected chi connectivity index (χ1v) is 10.1. The molecule has 0 atom stereocenters. The number of hydrogen-bond acceptors (Lipinski definition) is 7. The molecule has 2 aromatic heterocycles. The zero-order valence-electron chi connectivity index (χ0n) is 17.7. The summed E-state index contributed by atoms with van der Waals surface area (Å²) in [6.45, 7) is 9.44. The number of alkyl carbamates (subject to hydrolysis) is 1. The highest BCUT2D eigenvalue weighted by molar-refractivity contribution is 5.70. The van der Waals surface area contributed by atoms with Gasteiger partial charge in [0.05, 0.1) is 12.4 Å². The number of rotatable bonds is 4. The molecule has 0 saturated heterocycles. The lowest BCUT2D eigenvalue weighted by Crippen LogP contribution is -2.42. The molecule has 0 bridgehead atoms. The fourth-order valence-corrected chi connectivity index (χ4v) is 3.53. The van der Waals surface area contributed by atoms with Gasteiger partial charge >= 0.3 is 6.09 Å². The first-order valence-electron chi connectivity index (χ1n) is 10.1. The molecule has 9 nitrogen and oxygen atoms in total. The highest BCUT2D eigenvalue weighted by Crippen LogP contribution is 2.22. The van der Waals surface area contributed by atoms with Crippen LogP contribution in [0.2, 0.25) is 0 Å². The van der Waals surface area contributed by atoms with Gasteiger partial charge in [0.1, 0.15) is 11.1 Å². The fourth-order valence-electron chi connectivity index (χ4n) is 3.53. The van der Waals surface area contributed by atoms with Crippen molar-refractivity contribution in [3.8, 4) is 0 Å². The van der Waals surface area contributed by atoms with Crippen LogP contribution in [0.4, 0.5) is 10.7 Å². The largest absolute Gasteiger partial charge is 0.444 e. The van der Waals surface area contributed by atoms with Crippen molar-refractivity contribution in [1.29, 1.82) is 0 Å². The lowest BCUT2D eigenvalue weighted by Gasteiger charge is -2.30. The van der Waals surface area contributed by atoms with Gasteiger partial charge in [-0.05, 0) is 60.3 Å². The van der Waals surface area contributed by atoms with E-state index in [0.29, 0.717) is 17.1 Å². The molecule has 2 heterocycles. The Hall–Kier alpha value is -2.71. The molecule has 0 radical (unpaired) electrons. The number of hydrogen-bond donors (Lipinski definition) is 2. The summed E-state index contributed by atoms with van der Waals surface area (Å²) in [6, 6.07) is 0.292. The van der Waals surface area contributed by atoms with E-state index in [1.165, 1.54) is 6.20 Å². The Kier molecular flexibility index (Phi) is 6.04. The number of anilines is 1. The van der Waals surface area contributed by atoms with Crippen molar-refractivity contribution in [2.24, 2.45) is 0 Å². The first kappa shape index (κ1) is 21.0. The monoisotopic (exact) mass is 402 g/mol. The van der Waals surface area contributed by atoms with E-state index >= 15 is 0 Å². The van der Waals surface area contributed by atoms with Gasteiger partial charge in [-0.1, -0.05) is 0 Å². The molecular formula is C20H30N6O3. The molecule has 0 aliphatic heterocycles. The third kappa shape index (κ3) is 5.42. The van der Waals surface area contributed by atoms with E-state index in [2.05, 4.69) is 25.6 Å². The lowest BCUT2D eigenvalue weighted by atomic mass is 9.91. The van der Waals surface area contributed by atoms with Crippen LogP contribution in [0.5, 0.6) is 0 Å². The minimum atomic E-state index is -0.498. The van der Waals surface area contributed by atoms with Gasteiger partial charge in [0, 0.05) is 18.1 Å². The molecule has 29 heavy (non-hydrogen) atoms. The van der Waals surface area contributed by atoms with Gasteiger partial charge in [-0.3, -0.25) is 9.36 Å². The topological polar surface area (TPSA) is 111 Å². The molecule has 158 valence electrons. The second kappa shape index (κ2) is 8.34. The Labute approximate surface area is 170 Å². The third-order valence-electron chi connectivity index (χ3n) is 4.83. The summed E-state index contributed by atoms with van der Waals surface area (Å²) in [5, 5.41) is 6.31. The molecule has 3 rings (SSSR count). The maximum atomic E-state index is 12.2. The van der Waals surface area contributed by atoms with Crippen LogP contribution in [-0.2, 0) is 4.74 Å². The first-order chi connectivity index (χ1) is 13.6. The molecule has 1 aliphatic carbocycles. The zero-order chi connectivity index (χ0) is 21.2. The Balaban J connectivity index is 1.62. The summed E-state index contributed by atoms with van der Waals surface area (Å²) < 4.78 is 6.95.